The molecule has 0 amide bonds. The Morgan fingerprint density at radius 2 is 1.72 bits per heavy atom. The number of pyridine rings is 1. The lowest BCUT2D eigenvalue weighted by atomic mass is 10.2. The molecule has 3 N–H and O–H groups in total. The van der Waals surface area contributed by atoms with Crippen molar-refractivity contribution in [2.45, 2.75) is 18.7 Å². The molecule has 0 saturated carbocycles. The van der Waals surface area contributed by atoms with Crippen LogP contribution < -0.4 is 5.56 Å². The van der Waals surface area contributed by atoms with Gasteiger partial charge in [0.1, 0.15) is 11.4 Å². The fraction of sp³-hybridized carbons (Fsp3) is 0.211. The van der Waals surface area contributed by atoms with Crippen molar-refractivity contribution in [3.05, 3.63) is 52.8 Å². The Balaban J connectivity index is 2.07. The van der Waals surface area contributed by atoms with Crippen molar-refractivity contribution >= 4 is 32.3 Å². The minimum atomic E-state index is -3.77. The fourth-order valence-electron chi connectivity index (χ4n) is 2.87. The van der Waals surface area contributed by atoms with E-state index in [1.165, 1.54) is 22.5 Å². The Morgan fingerprint density at radius 3 is 2.41 bits per heavy atom. The maximum Gasteiger partial charge on any atom is 0.280 e. The Morgan fingerprint density at radius 1 is 1.03 bits per heavy atom. The summed E-state index contributed by atoms with van der Waals surface area (Å²) in [6.45, 7) is 4.02. The first-order valence-corrected chi connectivity index (χ1v) is 10.3. The SMILES string of the molecule is CCN(CC)S(=O)(=O)c1ccc(O)c(N=Nc2c(O)c3ccccc3[nH]c2=O)c1. The zero-order valence-electron chi connectivity index (χ0n) is 15.8. The van der Waals surface area contributed by atoms with Gasteiger partial charge in [0, 0.05) is 18.5 Å². The Hall–Kier alpha value is -3.24. The van der Waals surface area contributed by atoms with Crippen LogP contribution in [0.2, 0.25) is 0 Å². The van der Waals surface area contributed by atoms with Crippen molar-refractivity contribution in [1.29, 1.82) is 0 Å². The van der Waals surface area contributed by atoms with E-state index in [0.29, 0.717) is 10.9 Å². The van der Waals surface area contributed by atoms with Crippen LogP contribution in [0.5, 0.6) is 11.5 Å². The summed E-state index contributed by atoms with van der Waals surface area (Å²) in [6, 6.07) is 10.3. The van der Waals surface area contributed by atoms with E-state index in [0.717, 1.165) is 0 Å². The molecule has 0 atom stereocenters. The predicted octanol–water partition coefficient (Wildman–Crippen LogP) is 3.39. The van der Waals surface area contributed by atoms with Gasteiger partial charge in [-0.05, 0) is 30.3 Å². The van der Waals surface area contributed by atoms with Crippen LogP contribution in [0.4, 0.5) is 11.4 Å². The maximum absolute atomic E-state index is 12.7. The molecule has 3 aromatic rings. The summed E-state index contributed by atoms with van der Waals surface area (Å²) in [7, 11) is -3.77. The van der Waals surface area contributed by atoms with E-state index in [2.05, 4.69) is 15.2 Å². The summed E-state index contributed by atoms with van der Waals surface area (Å²) < 4.78 is 26.6. The second-order valence-corrected chi connectivity index (χ2v) is 8.07. The van der Waals surface area contributed by atoms with E-state index < -0.39 is 15.6 Å². The normalized spacial score (nSPS) is 12.2. The van der Waals surface area contributed by atoms with Crippen LogP contribution in [0.1, 0.15) is 13.8 Å². The average molecular weight is 416 g/mol. The highest BCUT2D eigenvalue weighted by Crippen LogP contribution is 2.34. The van der Waals surface area contributed by atoms with Crippen molar-refractivity contribution in [2.75, 3.05) is 13.1 Å². The highest BCUT2D eigenvalue weighted by Gasteiger charge is 2.22. The second-order valence-electron chi connectivity index (χ2n) is 6.14. The number of para-hydroxylation sites is 1. The largest absolute Gasteiger partial charge is 0.506 e. The first-order valence-electron chi connectivity index (χ1n) is 8.88. The lowest BCUT2D eigenvalue weighted by Gasteiger charge is -2.18. The molecule has 0 aliphatic rings. The van der Waals surface area contributed by atoms with Crippen LogP contribution in [0.25, 0.3) is 10.9 Å². The van der Waals surface area contributed by atoms with Crippen LogP contribution in [-0.4, -0.2) is 41.0 Å². The van der Waals surface area contributed by atoms with Crippen LogP contribution in [0, 0.1) is 0 Å². The number of sulfonamides is 1. The zero-order chi connectivity index (χ0) is 21.2. The number of phenolic OH excluding ortho intramolecular Hbond substituents is 1. The number of hydrogen-bond acceptors (Lipinski definition) is 7. The minimum Gasteiger partial charge on any atom is -0.506 e. The number of azo groups is 1. The van der Waals surface area contributed by atoms with E-state index in [1.807, 2.05) is 0 Å². The van der Waals surface area contributed by atoms with Crippen LogP contribution in [-0.2, 0) is 10.0 Å². The zero-order valence-corrected chi connectivity index (χ0v) is 16.6. The number of benzene rings is 2. The monoisotopic (exact) mass is 416 g/mol. The molecule has 0 unspecified atom stereocenters. The lowest BCUT2D eigenvalue weighted by molar-refractivity contribution is 0.444. The Kier molecular flexibility index (Phi) is 5.66. The van der Waals surface area contributed by atoms with Crippen molar-refractivity contribution in [1.82, 2.24) is 9.29 Å². The summed E-state index contributed by atoms with van der Waals surface area (Å²) >= 11 is 0. The van der Waals surface area contributed by atoms with Gasteiger partial charge in [0.2, 0.25) is 10.0 Å². The lowest BCUT2D eigenvalue weighted by Crippen LogP contribution is -2.30. The summed E-state index contributed by atoms with van der Waals surface area (Å²) in [4.78, 5) is 14.7. The summed E-state index contributed by atoms with van der Waals surface area (Å²) in [5.74, 6) is -0.677. The molecule has 3 rings (SSSR count). The van der Waals surface area contributed by atoms with Gasteiger partial charge in [-0.25, -0.2) is 8.42 Å². The molecular formula is C19H20N4O5S. The van der Waals surface area contributed by atoms with Gasteiger partial charge in [-0.1, -0.05) is 26.0 Å². The summed E-state index contributed by atoms with van der Waals surface area (Å²) in [6.07, 6.45) is 0. The summed E-state index contributed by atoms with van der Waals surface area (Å²) in [5.41, 5.74) is -0.731. The molecule has 10 heteroatoms. The van der Waals surface area contributed by atoms with Crippen LogP contribution in [0.3, 0.4) is 0 Å². The smallest absolute Gasteiger partial charge is 0.280 e. The molecule has 29 heavy (non-hydrogen) atoms. The third kappa shape index (κ3) is 3.84. The number of aromatic amines is 1. The number of fused-ring (bicyclic) bond motifs is 1. The van der Waals surface area contributed by atoms with Crippen molar-refractivity contribution < 1.29 is 18.6 Å². The molecule has 0 fully saturated rings. The number of H-pyrrole nitrogens is 1. The topological polar surface area (TPSA) is 135 Å². The molecule has 0 saturated heterocycles. The molecule has 2 aromatic carbocycles. The molecule has 9 nitrogen and oxygen atoms in total. The summed E-state index contributed by atoms with van der Waals surface area (Å²) in [5, 5.41) is 28.3. The Labute approximate surface area is 167 Å². The van der Waals surface area contributed by atoms with Crippen molar-refractivity contribution in [3.8, 4) is 11.5 Å². The van der Waals surface area contributed by atoms with Crippen LogP contribution in [0.15, 0.2) is 62.4 Å². The number of nitrogens with zero attached hydrogens (tertiary/aromatic N) is 3. The van der Waals surface area contributed by atoms with Gasteiger partial charge in [0.25, 0.3) is 5.56 Å². The molecule has 0 aliphatic carbocycles. The van der Waals surface area contributed by atoms with Gasteiger partial charge < -0.3 is 15.2 Å². The van der Waals surface area contributed by atoms with E-state index in [4.69, 9.17) is 0 Å². The van der Waals surface area contributed by atoms with E-state index in [1.54, 1.807) is 38.1 Å². The van der Waals surface area contributed by atoms with Crippen molar-refractivity contribution in [3.63, 3.8) is 0 Å². The number of phenols is 1. The molecule has 0 aliphatic heterocycles. The quantitative estimate of drug-likeness (QED) is 0.529. The predicted molar refractivity (Wildman–Crippen MR) is 109 cm³/mol. The molecular weight excluding hydrogens is 396 g/mol. The van der Waals surface area contributed by atoms with Gasteiger partial charge in [-0.15, -0.1) is 10.2 Å². The van der Waals surface area contributed by atoms with E-state index in [-0.39, 0.29) is 40.9 Å². The first kappa shape index (κ1) is 20.5. The number of rotatable bonds is 6. The number of hydrogen-bond donors (Lipinski definition) is 3. The standard InChI is InChI=1S/C19H20N4O5S/c1-3-23(4-2)29(27,28)12-9-10-16(24)15(11-12)21-22-17-18(25)13-7-5-6-8-14(13)20-19(17)26/h5-11,24H,3-4H2,1-2H3,(H2,20,25,26). The minimum absolute atomic E-state index is 0.0652. The van der Waals surface area contributed by atoms with Gasteiger partial charge in [0.05, 0.1) is 10.4 Å². The maximum atomic E-state index is 12.7. The van der Waals surface area contributed by atoms with Crippen molar-refractivity contribution in [2.24, 2.45) is 10.2 Å². The number of aromatic hydroxyl groups is 2. The van der Waals surface area contributed by atoms with E-state index in [9.17, 15) is 23.4 Å². The molecule has 1 heterocycles. The highest BCUT2D eigenvalue weighted by atomic mass is 32.2. The molecule has 1 aromatic heterocycles. The second kappa shape index (κ2) is 8.02. The number of nitrogens with one attached hydrogen (secondary N) is 1. The van der Waals surface area contributed by atoms with Gasteiger partial charge in [-0.3, -0.25) is 4.79 Å². The molecule has 0 bridgehead atoms. The first-order chi connectivity index (χ1) is 13.8. The van der Waals surface area contributed by atoms with Gasteiger partial charge >= 0.3 is 0 Å². The number of aromatic nitrogens is 1. The molecule has 152 valence electrons. The average Bonchev–Trinajstić information content (AvgIpc) is 2.69. The fourth-order valence-corrected chi connectivity index (χ4v) is 4.35. The van der Waals surface area contributed by atoms with E-state index >= 15 is 0 Å². The van der Waals surface area contributed by atoms with Crippen LogP contribution >= 0.6 is 0 Å². The molecule has 0 spiro atoms. The van der Waals surface area contributed by atoms with Gasteiger partial charge in [0.15, 0.2) is 11.4 Å². The highest BCUT2D eigenvalue weighted by molar-refractivity contribution is 7.89. The molecule has 0 radical (unpaired) electrons. The Bertz CT molecular complexity index is 1250. The van der Waals surface area contributed by atoms with Gasteiger partial charge in [-0.2, -0.15) is 4.31 Å². The third-order valence-corrected chi connectivity index (χ3v) is 6.46. The third-order valence-electron chi connectivity index (χ3n) is 4.42.